The Labute approximate surface area is 131 Å². The molecule has 1 aliphatic rings. The summed E-state index contributed by atoms with van der Waals surface area (Å²) in [6.07, 6.45) is 2.27. The number of nitrogens with one attached hydrogen (secondary N) is 2. The molecule has 1 aromatic heterocycles. The molecule has 1 aliphatic carbocycles. The lowest BCUT2D eigenvalue weighted by atomic mass is 10.2. The lowest BCUT2D eigenvalue weighted by molar-refractivity contribution is 0.622. The summed E-state index contributed by atoms with van der Waals surface area (Å²) in [4.78, 5) is 9.14. The molecule has 3 rings (SSSR count). The van der Waals surface area contributed by atoms with E-state index in [4.69, 9.17) is 0 Å². The first-order valence-corrected chi connectivity index (χ1v) is 7.66. The molecular formula is C15H16BrFN4. The summed E-state index contributed by atoms with van der Waals surface area (Å²) < 4.78 is 14.1. The molecule has 1 fully saturated rings. The molecule has 0 aliphatic heterocycles. The molecule has 0 saturated heterocycles. The summed E-state index contributed by atoms with van der Waals surface area (Å²) in [5.41, 5.74) is 1.59. The Morgan fingerprint density at radius 3 is 2.57 bits per heavy atom. The fourth-order valence-electron chi connectivity index (χ4n) is 2.13. The molecular weight excluding hydrogens is 335 g/mol. The monoisotopic (exact) mass is 350 g/mol. The molecule has 0 bridgehead atoms. The smallest absolute Gasteiger partial charge is 0.139 e. The van der Waals surface area contributed by atoms with Crippen LogP contribution in [0.2, 0.25) is 0 Å². The van der Waals surface area contributed by atoms with Gasteiger partial charge >= 0.3 is 0 Å². The topological polar surface area (TPSA) is 49.8 Å². The zero-order chi connectivity index (χ0) is 15.0. The Balaban J connectivity index is 1.96. The van der Waals surface area contributed by atoms with E-state index in [-0.39, 0.29) is 5.82 Å². The molecule has 2 aromatic rings. The van der Waals surface area contributed by atoms with Gasteiger partial charge in [0.1, 0.15) is 23.3 Å². The summed E-state index contributed by atoms with van der Waals surface area (Å²) in [6, 6.07) is 4.93. The first kappa shape index (κ1) is 14.3. The highest BCUT2D eigenvalue weighted by Crippen LogP contribution is 2.39. The normalized spacial score (nSPS) is 14.1. The second kappa shape index (κ2) is 5.60. The van der Waals surface area contributed by atoms with E-state index in [1.54, 1.807) is 6.07 Å². The Bertz CT molecular complexity index is 686. The summed E-state index contributed by atoms with van der Waals surface area (Å²) in [7, 11) is 1.84. The molecule has 0 radical (unpaired) electrons. The highest BCUT2D eigenvalue weighted by Gasteiger charge is 2.28. The van der Waals surface area contributed by atoms with Gasteiger partial charge in [-0.15, -0.1) is 0 Å². The van der Waals surface area contributed by atoms with E-state index < -0.39 is 0 Å². The molecule has 4 nitrogen and oxygen atoms in total. The van der Waals surface area contributed by atoms with E-state index in [1.165, 1.54) is 6.07 Å². The van der Waals surface area contributed by atoms with E-state index in [0.29, 0.717) is 16.1 Å². The Morgan fingerprint density at radius 1 is 1.24 bits per heavy atom. The summed E-state index contributed by atoms with van der Waals surface area (Å²) >= 11 is 3.15. The van der Waals surface area contributed by atoms with E-state index >= 15 is 0 Å². The number of hydrogen-bond donors (Lipinski definition) is 2. The highest BCUT2D eigenvalue weighted by atomic mass is 79.9. The van der Waals surface area contributed by atoms with Crippen LogP contribution >= 0.6 is 15.9 Å². The highest BCUT2D eigenvalue weighted by molar-refractivity contribution is 9.10. The third-order valence-corrected chi connectivity index (χ3v) is 4.17. The SMILES string of the molecule is CNc1nc(C2CC2)nc(Nc2ccc(Br)c(F)c2)c1C. The van der Waals surface area contributed by atoms with Crippen LogP contribution in [-0.2, 0) is 0 Å². The number of anilines is 3. The first-order valence-electron chi connectivity index (χ1n) is 6.87. The van der Waals surface area contributed by atoms with Crippen molar-refractivity contribution in [3.8, 4) is 0 Å². The van der Waals surface area contributed by atoms with Gasteiger partial charge < -0.3 is 10.6 Å². The predicted molar refractivity (Wildman–Crippen MR) is 85.7 cm³/mol. The molecule has 0 unspecified atom stereocenters. The van der Waals surface area contributed by atoms with Crippen LogP contribution in [0.3, 0.4) is 0 Å². The molecule has 1 saturated carbocycles. The zero-order valence-corrected chi connectivity index (χ0v) is 13.5. The molecule has 1 heterocycles. The minimum absolute atomic E-state index is 0.303. The molecule has 1 aromatic carbocycles. The van der Waals surface area contributed by atoms with E-state index in [0.717, 1.165) is 35.9 Å². The van der Waals surface area contributed by atoms with Crippen LogP contribution in [0.1, 0.15) is 30.1 Å². The predicted octanol–water partition coefficient (Wildman–Crippen LogP) is 4.35. The summed E-state index contributed by atoms with van der Waals surface area (Å²) in [6.45, 7) is 1.94. The third kappa shape index (κ3) is 3.00. The van der Waals surface area contributed by atoms with Crippen molar-refractivity contribution < 1.29 is 4.39 Å². The van der Waals surface area contributed by atoms with Crippen molar-refractivity contribution in [2.24, 2.45) is 0 Å². The molecule has 0 atom stereocenters. The maximum Gasteiger partial charge on any atom is 0.139 e. The standard InChI is InChI=1S/C15H16BrFN4/c1-8-13(18-2)20-15(9-3-4-9)21-14(8)19-10-5-6-11(16)12(17)7-10/h5-7,9H,3-4H2,1-2H3,(H2,18,19,20,21). The Kier molecular flexibility index (Phi) is 3.80. The average Bonchev–Trinajstić information content (AvgIpc) is 3.29. The van der Waals surface area contributed by atoms with Crippen molar-refractivity contribution in [1.82, 2.24) is 9.97 Å². The number of halogens is 2. The van der Waals surface area contributed by atoms with Crippen LogP contribution in [0.4, 0.5) is 21.7 Å². The lowest BCUT2D eigenvalue weighted by Gasteiger charge is -2.14. The average molecular weight is 351 g/mol. The number of aromatic nitrogens is 2. The largest absolute Gasteiger partial charge is 0.373 e. The van der Waals surface area contributed by atoms with Crippen LogP contribution < -0.4 is 10.6 Å². The maximum absolute atomic E-state index is 13.6. The van der Waals surface area contributed by atoms with Gasteiger partial charge in [0, 0.05) is 24.2 Å². The maximum atomic E-state index is 13.6. The zero-order valence-electron chi connectivity index (χ0n) is 11.9. The molecule has 21 heavy (non-hydrogen) atoms. The van der Waals surface area contributed by atoms with E-state index in [1.807, 2.05) is 20.0 Å². The van der Waals surface area contributed by atoms with Crippen molar-refractivity contribution in [1.29, 1.82) is 0 Å². The quantitative estimate of drug-likeness (QED) is 0.860. The minimum atomic E-state index is -0.303. The van der Waals surface area contributed by atoms with Crippen LogP contribution in [0.15, 0.2) is 22.7 Å². The molecule has 2 N–H and O–H groups in total. The van der Waals surface area contributed by atoms with Gasteiger partial charge in [-0.3, -0.25) is 0 Å². The van der Waals surface area contributed by atoms with Crippen LogP contribution in [0.25, 0.3) is 0 Å². The van der Waals surface area contributed by atoms with Gasteiger partial charge in [-0.1, -0.05) is 0 Å². The van der Waals surface area contributed by atoms with Crippen molar-refractivity contribution in [2.45, 2.75) is 25.7 Å². The van der Waals surface area contributed by atoms with Gasteiger partial charge in [0.05, 0.1) is 4.47 Å². The molecule has 6 heteroatoms. The Hall–Kier alpha value is -1.69. The van der Waals surface area contributed by atoms with Crippen molar-refractivity contribution >= 4 is 33.3 Å². The fourth-order valence-corrected chi connectivity index (χ4v) is 2.38. The van der Waals surface area contributed by atoms with Crippen LogP contribution in [-0.4, -0.2) is 17.0 Å². The van der Waals surface area contributed by atoms with Crippen molar-refractivity contribution in [3.63, 3.8) is 0 Å². The van der Waals surface area contributed by atoms with Gasteiger partial charge in [-0.2, -0.15) is 0 Å². The van der Waals surface area contributed by atoms with E-state index in [9.17, 15) is 4.39 Å². The van der Waals surface area contributed by atoms with Gasteiger partial charge in [0.15, 0.2) is 0 Å². The molecule has 0 amide bonds. The second-order valence-electron chi connectivity index (χ2n) is 5.18. The second-order valence-corrected chi connectivity index (χ2v) is 6.04. The Morgan fingerprint density at radius 2 is 1.95 bits per heavy atom. The third-order valence-electron chi connectivity index (χ3n) is 3.52. The number of nitrogens with zero attached hydrogens (tertiary/aromatic N) is 2. The lowest BCUT2D eigenvalue weighted by Crippen LogP contribution is -2.06. The van der Waals surface area contributed by atoms with Crippen molar-refractivity contribution in [2.75, 3.05) is 17.7 Å². The number of hydrogen-bond acceptors (Lipinski definition) is 4. The molecule has 0 spiro atoms. The first-order chi connectivity index (χ1) is 10.1. The van der Waals surface area contributed by atoms with Crippen molar-refractivity contribution in [3.05, 3.63) is 39.9 Å². The number of rotatable bonds is 4. The fraction of sp³-hybridized carbons (Fsp3) is 0.333. The molecule has 110 valence electrons. The number of benzene rings is 1. The summed E-state index contributed by atoms with van der Waals surface area (Å²) in [5, 5.41) is 6.28. The minimum Gasteiger partial charge on any atom is -0.373 e. The van der Waals surface area contributed by atoms with Gasteiger partial charge in [0.25, 0.3) is 0 Å². The summed E-state index contributed by atoms with van der Waals surface area (Å²) in [5.74, 6) is 2.54. The van der Waals surface area contributed by atoms with Crippen LogP contribution in [0, 0.1) is 12.7 Å². The van der Waals surface area contributed by atoms with Crippen LogP contribution in [0.5, 0.6) is 0 Å². The van der Waals surface area contributed by atoms with Gasteiger partial charge in [-0.25, -0.2) is 14.4 Å². The van der Waals surface area contributed by atoms with E-state index in [2.05, 4.69) is 36.5 Å². The van der Waals surface area contributed by atoms with Gasteiger partial charge in [0.2, 0.25) is 0 Å². The van der Waals surface area contributed by atoms with Gasteiger partial charge in [-0.05, 0) is 53.9 Å².